The third kappa shape index (κ3) is 2.51. The Balaban J connectivity index is 3.41. The molecule has 0 unspecified atom stereocenters. The number of nitrogens with zero attached hydrogens (tertiary/aromatic N) is 1. The third-order valence-electron chi connectivity index (χ3n) is 1.79. The van der Waals surface area contributed by atoms with Gasteiger partial charge in [-0.05, 0) is 0 Å². The molecule has 18 heavy (non-hydrogen) atoms. The Bertz CT molecular complexity index is 608. The highest BCUT2D eigenvalue weighted by Gasteiger charge is 2.29. The van der Waals surface area contributed by atoms with Gasteiger partial charge in [-0.15, -0.1) is 5.26 Å². The molecule has 0 fully saturated rings. The van der Waals surface area contributed by atoms with Crippen molar-refractivity contribution in [3.63, 3.8) is 0 Å². The molecule has 0 heterocycles. The van der Waals surface area contributed by atoms with Crippen molar-refractivity contribution < 1.29 is 34.6 Å². The molecule has 0 atom stereocenters. The predicted molar refractivity (Wildman–Crippen MR) is 45.6 cm³/mol. The number of nitriles is 1. The lowest BCUT2D eigenvalue weighted by atomic mass is 10.2. The first-order chi connectivity index (χ1) is 8.21. The second-order valence-corrected chi connectivity index (χ2v) is 4.50. The normalized spacial score (nSPS) is 11.1. The lowest BCUT2D eigenvalue weighted by molar-refractivity contribution is 0.370. The van der Waals surface area contributed by atoms with Crippen molar-refractivity contribution in [2.75, 3.05) is 0 Å². The molecule has 0 aliphatic rings. The Hall–Kier alpha value is -1.89. The molecule has 0 aliphatic carbocycles. The first-order valence-electron chi connectivity index (χ1n) is 4.01. The fourth-order valence-corrected chi connectivity index (χ4v) is 1.82. The molecule has 0 saturated carbocycles. The van der Waals surface area contributed by atoms with Crippen LogP contribution < -0.4 is 0 Å². The van der Waals surface area contributed by atoms with E-state index >= 15 is 0 Å². The van der Waals surface area contributed by atoms with Crippen LogP contribution in [0, 0.1) is 40.6 Å². The van der Waals surface area contributed by atoms with E-state index in [1.165, 1.54) is 0 Å². The Labute approximate surface area is 97.3 Å². The van der Waals surface area contributed by atoms with E-state index in [0.29, 0.717) is 6.26 Å². The van der Waals surface area contributed by atoms with E-state index in [1.807, 2.05) is 0 Å². The van der Waals surface area contributed by atoms with Crippen LogP contribution in [0.3, 0.4) is 0 Å². The predicted octanol–water partition coefficient (Wildman–Crippen LogP) is 1.71. The van der Waals surface area contributed by atoms with Crippen molar-refractivity contribution in [2.24, 2.45) is 0 Å². The third-order valence-corrected chi connectivity index (χ3v) is 2.76. The molecule has 0 bridgehead atoms. The number of rotatable bonds is 3. The molecule has 98 valence electrons. The lowest BCUT2D eigenvalue weighted by Crippen LogP contribution is -2.13. The van der Waals surface area contributed by atoms with Crippen LogP contribution >= 0.6 is 0 Å². The number of benzene rings is 1. The second kappa shape index (κ2) is 4.77. The molecule has 0 saturated heterocycles. The summed E-state index contributed by atoms with van der Waals surface area (Å²) < 4.78 is 89.4. The van der Waals surface area contributed by atoms with Gasteiger partial charge in [0.2, 0.25) is 5.82 Å². The van der Waals surface area contributed by atoms with Gasteiger partial charge in [-0.3, -0.25) is 0 Å². The summed E-state index contributed by atoms with van der Waals surface area (Å²) in [6, 6.07) is 0. The van der Waals surface area contributed by atoms with Gasteiger partial charge in [-0.1, -0.05) is 0 Å². The monoisotopic (exact) mass is 287 g/mol. The van der Waals surface area contributed by atoms with E-state index in [4.69, 9.17) is 5.26 Å². The van der Waals surface area contributed by atoms with Crippen LogP contribution in [0.5, 0.6) is 0 Å². The van der Waals surface area contributed by atoms with Gasteiger partial charge in [-0.25, -0.2) is 22.0 Å². The van der Waals surface area contributed by atoms with Crippen LogP contribution in [0.1, 0.15) is 5.56 Å². The summed E-state index contributed by atoms with van der Waals surface area (Å²) in [5, 5.41) is 7.92. The van der Waals surface area contributed by atoms with Crippen LogP contribution in [-0.4, -0.2) is 8.42 Å². The smallest absolute Gasteiger partial charge is 0.302 e. The summed E-state index contributed by atoms with van der Waals surface area (Å²) in [5.41, 5.74) is -1.60. The average molecular weight is 287 g/mol. The van der Waals surface area contributed by atoms with Gasteiger partial charge in [0.15, 0.2) is 23.3 Å². The first-order valence-corrected chi connectivity index (χ1v) is 5.59. The van der Waals surface area contributed by atoms with Crippen LogP contribution in [0.25, 0.3) is 0 Å². The van der Waals surface area contributed by atoms with Gasteiger partial charge in [-0.2, -0.15) is 8.42 Å². The Kier molecular flexibility index (Phi) is 3.76. The zero-order valence-corrected chi connectivity index (χ0v) is 8.99. The van der Waals surface area contributed by atoms with Gasteiger partial charge in [0, 0.05) is 5.56 Å². The van der Waals surface area contributed by atoms with Gasteiger partial charge in [0.1, 0.15) is 5.75 Å². The van der Waals surface area contributed by atoms with E-state index in [0.717, 1.165) is 0 Å². The van der Waals surface area contributed by atoms with Gasteiger partial charge in [0.25, 0.3) is 0 Å². The number of hydrogen-bond acceptors (Lipinski definition) is 4. The minimum Gasteiger partial charge on any atom is -0.302 e. The SMILES string of the molecule is N#COS(=O)(=O)Cc1c(F)c(F)c(F)c(F)c1F. The second-order valence-electron chi connectivity index (χ2n) is 2.93. The summed E-state index contributed by atoms with van der Waals surface area (Å²) in [6.45, 7) is 0. The first kappa shape index (κ1) is 14.2. The molecule has 0 aromatic heterocycles. The van der Waals surface area contributed by atoms with Crippen molar-refractivity contribution in [1.29, 1.82) is 5.26 Å². The molecule has 10 heteroatoms. The summed E-state index contributed by atoms with van der Waals surface area (Å²) in [5.74, 6) is -13.2. The molecule has 0 spiro atoms. The average Bonchev–Trinajstić information content (AvgIpc) is 2.30. The van der Waals surface area contributed by atoms with E-state index in [-0.39, 0.29) is 0 Å². The van der Waals surface area contributed by atoms with E-state index in [1.54, 1.807) is 0 Å². The molecule has 0 N–H and O–H groups in total. The zero-order chi connectivity index (χ0) is 14.1. The topological polar surface area (TPSA) is 67.2 Å². The molecular formula is C8H2F5NO3S. The molecule has 0 radical (unpaired) electrons. The number of hydrogen-bond donors (Lipinski definition) is 0. The van der Waals surface area contributed by atoms with E-state index < -0.39 is 50.5 Å². The van der Waals surface area contributed by atoms with Crippen molar-refractivity contribution >= 4 is 10.1 Å². The highest BCUT2D eigenvalue weighted by atomic mass is 32.2. The molecule has 4 nitrogen and oxygen atoms in total. The minimum absolute atomic E-state index is 0.713. The van der Waals surface area contributed by atoms with Crippen molar-refractivity contribution in [2.45, 2.75) is 5.75 Å². The van der Waals surface area contributed by atoms with Gasteiger partial charge >= 0.3 is 16.4 Å². The quantitative estimate of drug-likeness (QED) is 0.279. The fraction of sp³-hybridized carbons (Fsp3) is 0.125. The summed E-state index contributed by atoms with van der Waals surface area (Å²) >= 11 is 0. The Morgan fingerprint density at radius 1 is 0.944 bits per heavy atom. The largest absolute Gasteiger partial charge is 0.323 e. The van der Waals surface area contributed by atoms with E-state index in [9.17, 15) is 30.4 Å². The molecule has 1 aromatic carbocycles. The molecule has 1 rings (SSSR count). The lowest BCUT2D eigenvalue weighted by Gasteiger charge is -2.07. The highest BCUT2D eigenvalue weighted by molar-refractivity contribution is 7.86. The van der Waals surface area contributed by atoms with Crippen LogP contribution in [0.2, 0.25) is 0 Å². The molecular weight excluding hydrogens is 285 g/mol. The van der Waals surface area contributed by atoms with Crippen molar-refractivity contribution in [3.05, 3.63) is 34.6 Å². The molecule has 0 amide bonds. The Morgan fingerprint density at radius 2 is 1.33 bits per heavy atom. The standard InChI is InChI=1S/C8H2F5NO3S/c9-4-3(1-18(15,16)17-2-14)5(10)7(12)8(13)6(4)11/h1H2. The molecule has 1 aromatic rings. The maximum atomic E-state index is 13.0. The maximum absolute atomic E-state index is 13.0. The highest BCUT2D eigenvalue weighted by Crippen LogP contribution is 2.24. The Morgan fingerprint density at radius 3 is 1.72 bits per heavy atom. The summed E-state index contributed by atoms with van der Waals surface area (Å²) in [4.78, 5) is 0. The number of halogens is 5. The minimum atomic E-state index is -4.77. The van der Waals surface area contributed by atoms with Crippen molar-refractivity contribution in [1.82, 2.24) is 0 Å². The van der Waals surface area contributed by atoms with E-state index in [2.05, 4.69) is 4.18 Å². The van der Waals surface area contributed by atoms with Crippen LogP contribution in [0.4, 0.5) is 22.0 Å². The summed E-state index contributed by atoms with van der Waals surface area (Å²) in [6.07, 6.45) is 0.713. The summed E-state index contributed by atoms with van der Waals surface area (Å²) in [7, 11) is -4.77. The molecule has 0 aliphatic heterocycles. The zero-order valence-electron chi connectivity index (χ0n) is 8.18. The van der Waals surface area contributed by atoms with Crippen LogP contribution in [0.15, 0.2) is 0 Å². The van der Waals surface area contributed by atoms with Crippen molar-refractivity contribution in [3.8, 4) is 6.26 Å². The van der Waals surface area contributed by atoms with Gasteiger partial charge < -0.3 is 4.18 Å². The fourth-order valence-electron chi connectivity index (χ4n) is 1.04. The van der Waals surface area contributed by atoms with Gasteiger partial charge in [0.05, 0.1) is 0 Å². The van der Waals surface area contributed by atoms with Crippen LogP contribution in [-0.2, 0) is 20.1 Å². The maximum Gasteiger partial charge on any atom is 0.323 e.